The molecule has 5 aliphatic rings. The van der Waals surface area contributed by atoms with Gasteiger partial charge in [-0.15, -0.1) is 0 Å². The van der Waals surface area contributed by atoms with Crippen LogP contribution in [0.4, 0.5) is 9.59 Å². The minimum Gasteiger partial charge on any atom is -0.453 e. The van der Waals surface area contributed by atoms with E-state index in [2.05, 4.69) is 89.0 Å². The van der Waals surface area contributed by atoms with E-state index in [1.165, 1.54) is 67.7 Å². The minimum atomic E-state index is -0.700. The smallest absolute Gasteiger partial charge is 0.407 e. The highest BCUT2D eigenvalue weighted by Crippen LogP contribution is 2.55. The molecule has 2 saturated heterocycles. The lowest BCUT2D eigenvalue weighted by atomic mass is 9.63. The SMILES string of the molecule is COC(=O)N[C@H](C(=O)N1C[C@@H](C)CC1c1ncc(-c2ccc(-c3ccc(-c4ccc5nc([C@@H]6C[C@H](C)CN6C(=O)[C@@H](NC(=O)OC)C(C)C)[nH]c5c4)c4c3C3CCC4CC3)cc2)[nH]1)C(C)C. The maximum Gasteiger partial charge on any atom is 0.407 e. The van der Waals surface area contributed by atoms with E-state index in [1.54, 1.807) is 0 Å². The maximum absolute atomic E-state index is 14.0. The summed E-state index contributed by atoms with van der Waals surface area (Å²) in [6.45, 7) is 13.2. The van der Waals surface area contributed by atoms with Crippen LogP contribution >= 0.6 is 0 Å². The van der Waals surface area contributed by atoms with E-state index in [9.17, 15) is 19.2 Å². The summed E-state index contributed by atoms with van der Waals surface area (Å²) in [6, 6.07) is 18.0. The van der Waals surface area contributed by atoms with Crippen molar-refractivity contribution in [2.45, 2.75) is 116 Å². The first-order valence-corrected chi connectivity index (χ1v) is 23.8. The maximum atomic E-state index is 14.0. The van der Waals surface area contributed by atoms with Gasteiger partial charge < -0.3 is 39.9 Å². The molecule has 4 heterocycles. The van der Waals surface area contributed by atoms with Crippen LogP contribution in [0.1, 0.15) is 127 Å². The normalized spacial score (nSPS) is 23.3. The number of nitrogens with one attached hydrogen (secondary N) is 4. The van der Waals surface area contributed by atoms with Gasteiger partial charge in [-0.2, -0.15) is 0 Å². The average Bonchev–Trinajstić information content (AvgIpc) is 4.15. The molecule has 2 aromatic heterocycles. The number of methoxy groups -OCH3 is 2. The summed E-state index contributed by atoms with van der Waals surface area (Å²) < 4.78 is 9.67. The van der Waals surface area contributed by atoms with Crippen molar-refractivity contribution in [2.24, 2.45) is 23.7 Å². The molecule has 14 heteroatoms. The van der Waals surface area contributed by atoms with Crippen molar-refractivity contribution < 1.29 is 28.7 Å². The Morgan fingerprint density at radius 2 is 1.14 bits per heavy atom. The molecule has 6 atom stereocenters. The lowest BCUT2D eigenvalue weighted by Crippen LogP contribution is -2.51. The number of benzene rings is 3. The Morgan fingerprint density at radius 3 is 1.65 bits per heavy atom. The van der Waals surface area contributed by atoms with Gasteiger partial charge in [0, 0.05) is 13.1 Å². The highest BCUT2D eigenvalue weighted by Gasteiger charge is 2.42. The first kappa shape index (κ1) is 45.0. The zero-order valence-corrected chi connectivity index (χ0v) is 39.4. The van der Waals surface area contributed by atoms with Crippen molar-refractivity contribution in [1.82, 2.24) is 40.4 Å². The van der Waals surface area contributed by atoms with Gasteiger partial charge in [-0.1, -0.05) is 84.0 Å². The third-order valence-corrected chi connectivity index (χ3v) is 14.7. The van der Waals surface area contributed by atoms with E-state index in [1.807, 2.05) is 43.7 Å². The lowest BCUT2D eigenvalue weighted by Gasteiger charge is -2.41. The topological polar surface area (TPSA) is 175 Å². The van der Waals surface area contributed by atoms with E-state index in [4.69, 9.17) is 19.4 Å². The monoisotopic (exact) mass is 896 g/mol. The van der Waals surface area contributed by atoms with Crippen LogP contribution in [0.25, 0.3) is 44.5 Å². The number of amides is 4. The Labute approximate surface area is 387 Å². The molecular formula is C52H64N8O6. The Kier molecular flexibility index (Phi) is 12.4. The van der Waals surface area contributed by atoms with Crippen molar-refractivity contribution in [2.75, 3.05) is 27.3 Å². The number of H-pyrrole nitrogens is 2. The van der Waals surface area contributed by atoms with Crippen molar-refractivity contribution in [1.29, 1.82) is 0 Å². The van der Waals surface area contributed by atoms with E-state index >= 15 is 0 Å². The molecule has 2 bridgehead atoms. The average molecular weight is 897 g/mol. The van der Waals surface area contributed by atoms with Gasteiger partial charge in [0.1, 0.15) is 23.7 Å². The van der Waals surface area contributed by atoms with Gasteiger partial charge >= 0.3 is 12.2 Å². The molecule has 3 fully saturated rings. The van der Waals surface area contributed by atoms with Crippen LogP contribution in [0.2, 0.25) is 0 Å². The summed E-state index contributed by atoms with van der Waals surface area (Å²) in [6.07, 6.45) is 6.97. The summed E-state index contributed by atoms with van der Waals surface area (Å²) in [7, 11) is 2.61. The molecule has 3 aliphatic carbocycles. The fourth-order valence-electron chi connectivity index (χ4n) is 11.4. The number of aromatic nitrogens is 4. The van der Waals surface area contributed by atoms with Crippen molar-refractivity contribution in [3.63, 3.8) is 0 Å². The minimum absolute atomic E-state index is 0.113. The molecule has 3 aromatic carbocycles. The highest BCUT2D eigenvalue weighted by molar-refractivity contribution is 5.89. The molecule has 5 aromatic rings. The molecule has 0 spiro atoms. The molecule has 10 rings (SSSR count). The van der Waals surface area contributed by atoms with E-state index in [0.717, 1.165) is 52.3 Å². The Hall–Kier alpha value is -6.18. The Balaban J connectivity index is 0.973. The molecule has 4 N–H and O–H groups in total. The number of imidazole rings is 2. The van der Waals surface area contributed by atoms with Crippen LogP contribution in [-0.4, -0.2) is 93.1 Å². The van der Waals surface area contributed by atoms with Crippen LogP contribution in [0, 0.1) is 23.7 Å². The van der Waals surface area contributed by atoms with Crippen LogP contribution in [0.3, 0.4) is 0 Å². The molecule has 2 aliphatic heterocycles. The van der Waals surface area contributed by atoms with E-state index in [0.29, 0.717) is 24.9 Å². The third kappa shape index (κ3) is 8.43. The van der Waals surface area contributed by atoms with Crippen molar-refractivity contribution in [3.05, 3.63) is 83.6 Å². The van der Waals surface area contributed by atoms with Gasteiger partial charge in [-0.05, 0) is 125 Å². The largest absolute Gasteiger partial charge is 0.453 e. The Morgan fingerprint density at radius 1 is 0.652 bits per heavy atom. The van der Waals surface area contributed by atoms with Gasteiger partial charge in [0.2, 0.25) is 11.8 Å². The Bertz CT molecular complexity index is 2630. The predicted molar refractivity (Wildman–Crippen MR) is 253 cm³/mol. The fourth-order valence-corrected chi connectivity index (χ4v) is 11.4. The second-order valence-electron chi connectivity index (χ2n) is 20.1. The number of likely N-dealkylation sites (tertiary alicyclic amines) is 2. The summed E-state index contributed by atoms with van der Waals surface area (Å²) >= 11 is 0. The molecule has 1 saturated carbocycles. The van der Waals surface area contributed by atoms with Crippen molar-refractivity contribution >= 4 is 35.0 Å². The molecule has 0 radical (unpaired) electrons. The second-order valence-corrected chi connectivity index (χ2v) is 20.1. The highest BCUT2D eigenvalue weighted by atomic mass is 16.5. The van der Waals surface area contributed by atoms with Gasteiger partial charge in [0.05, 0.1) is 49.2 Å². The number of ether oxygens (including phenoxy) is 2. The molecule has 14 nitrogen and oxygen atoms in total. The third-order valence-electron chi connectivity index (χ3n) is 14.7. The number of aromatic amines is 2. The zero-order valence-electron chi connectivity index (χ0n) is 39.4. The quantitative estimate of drug-likeness (QED) is 0.101. The van der Waals surface area contributed by atoms with Gasteiger partial charge in [0.15, 0.2) is 0 Å². The first-order valence-electron chi connectivity index (χ1n) is 23.8. The standard InChI is InChI=1S/C52H64N8O6/c1-27(2)45(57-51(63)65-7)49(61)59-25-29(5)21-41(59)47-53-24-40(56-47)32-11-9-31(10-12-32)36-18-19-37(44-34-15-13-33(14-16-34)43(36)44)35-17-20-38-39(23-35)55-48(54-38)42-22-30(6)26-60(42)50(62)46(28(3)4)58-52(64)66-8/h9-12,17-20,23-24,27-30,33-34,41-42,45-46H,13-16,21-22,25-26H2,1-8H3,(H,53,56)(H,54,55)(H,57,63)(H,58,64)/t29-,30-,33?,34?,41?,42-,45-,46-/m0/s1. The van der Waals surface area contributed by atoms with Gasteiger partial charge in [-0.3, -0.25) is 9.59 Å². The second kappa shape index (κ2) is 18.2. The molecule has 348 valence electrons. The number of hydrogen-bond donors (Lipinski definition) is 4. The van der Waals surface area contributed by atoms with Crippen LogP contribution < -0.4 is 10.6 Å². The predicted octanol–water partition coefficient (Wildman–Crippen LogP) is 9.62. The molecule has 1 unspecified atom stereocenters. The number of nitrogens with zero attached hydrogens (tertiary/aromatic N) is 4. The van der Waals surface area contributed by atoms with E-state index < -0.39 is 24.3 Å². The summed E-state index contributed by atoms with van der Waals surface area (Å²) in [5.74, 6) is 2.60. The number of alkyl carbamates (subject to hydrolysis) is 2. The molecular weight excluding hydrogens is 833 g/mol. The zero-order chi connectivity index (χ0) is 46.6. The summed E-state index contributed by atoms with van der Waals surface area (Å²) in [5.41, 5.74) is 11.6. The summed E-state index contributed by atoms with van der Waals surface area (Å²) in [5, 5.41) is 5.50. The van der Waals surface area contributed by atoms with Crippen LogP contribution in [0.5, 0.6) is 0 Å². The van der Waals surface area contributed by atoms with Gasteiger partial charge in [0.25, 0.3) is 0 Å². The number of carbonyl (C=O) groups excluding carboxylic acids is 4. The fraction of sp³-hybridized carbons (Fsp3) is 0.500. The van der Waals surface area contributed by atoms with Crippen molar-refractivity contribution in [3.8, 4) is 33.5 Å². The number of fused-ring (bicyclic) bond motifs is 3. The number of rotatable bonds is 11. The van der Waals surface area contributed by atoms with Gasteiger partial charge in [-0.25, -0.2) is 19.6 Å². The van der Waals surface area contributed by atoms with Crippen LogP contribution in [0.15, 0.2) is 60.8 Å². The summed E-state index contributed by atoms with van der Waals surface area (Å²) in [4.78, 5) is 72.9. The van der Waals surface area contributed by atoms with E-state index in [-0.39, 0.29) is 47.6 Å². The molecule has 4 amide bonds. The molecule has 66 heavy (non-hydrogen) atoms. The lowest BCUT2D eigenvalue weighted by molar-refractivity contribution is -0.136. The number of carbonyl (C=O) groups is 4. The van der Waals surface area contributed by atoms with Crippen LogP contribution in [-0.2, 0) is 19.1 Å². The first-order chi connectivity index (χ1) is 31.7. The number of hydrogen-bond acceptors (Lipinski definition) is 8.